The highest BCUT2D eigenvalue weighted by Gasteiger charge is 2.35. The monoisotopic (exact) mass is 463 g/mol. The van der Waals surface area contributed by atoms with E-state index in [0.29, 0.717) is 18.7 Å². The van der Waals surface area contributed by atoms with Crippen molar-refractivity contribution in [3.05, 3.63) is 36.3 Å². The minimum atomic E-state index is 0.222. The molecule has 9 nitrogen and oxygen atoms in total. The molecule has 1 atom stereocenters. The van der Waals surface area contributed by atoms with Gasteiger partial charge in [-0.25, -0.2) is 14.6 Å². The number of hydrogen-bond donors (Lipinski definition) is 0. The van der Waals surface area contributed by atoms with Crippen LogP contribution in [0.1, 0.15) is 38.4 Å². The summed E-state index contributed by atoms with van der Waals surface area (Å²) in [6.45, 7) is 13.9. The standard InChI is InChI=1S/C25H33N7O2/c1-17(2)32-25(26-16-27-32)22-15-30-8-11-34-23-5-4-19(12-21(23)24(30)28-22)18(3)31-13-20(14-31)29-6-9-33-10-7-29/h4-5,12,15-18,20H,6-11,13-14H2,1-3H3/t18-/m1/s1. The second-order valence-electron chi connectivity index (χ2n) is 9.80. The number of imidazole rings is 1. The Balaban J connectivity index is 1.26. The molecule has 34 heavy (non-hydrogen) atoms. The van der Waals surface area contributed by atoms with Gasteiger partial charge < -0.3 is 14.0 Å². The number of ether oxygens (including phenoxy) is 2. The van der Waals surface area contributed by atoms with Gasteiger partial charge in [0.1, 0.15) is 30.2 Å². The van der Waals surface area contributed by atoms with Gasteiger partial charge in [-0.3, -0.25) is 9.80 Å². The Morgan fingerprint density at radius 2 is 1.82 bits per heavy atom. The zero-order chi connectivity index (χ0) is 23.2. The van der Waals surface area contributed by atoms with Gasteiger partial charge in [-0.05, 0) is 38.5 Å². The third-order valence-corrected chi connectivity index (χ3v) is 7.38. The second kappa shape index (κ2) is 8.79. The Bertz CT molecular complexity index is 1160. The van der Waals surface area contributed by atoms with Gasteiger partial charge in [-0.15, -0.1) is 0 Å². The molecule has 2 aromatic heterocycles. The number of benzene rings is 1. The van der Waals surface area contributed by atoms with Crippen LogP contribution in [-0.2, 0) is 11.3 Å². The highest BCUT2D eigenvalue weighted by molar-refractivity contribution is 5.69. The molecule has 180 valence electrons. The first kappa shape index (κ1) is 21.8. The molecule has 0 unspecified atom stereocenters. The van der Waals surface area contributed by atoms with Gasteiger partial charge in [0, 0.05) is 50.5 Å². The molecule has 0 N–H and O–H groups in total. The molecule has 0 bridgehead atoms. The van der Waals surface area contributed by atoms with Gasteiger partial charge in [0.25, 0.3) is 0 Å². The predicted molar refractivity (Wildman–Crippen MR) is 129 cm³/mol. The van der Waals surface area contributed by atoms with Crippen LogP contribution in [0.25, 0.3) is 22.9 Å². The number of hydrogen-bond acceptors (Lipinski definition) is 7. The Hall–Kier alpha value is -2.75. The molecule has 0 aliphatic carbocycles. The van der Waals surface area contributed by atoms with E-state index in [-0.39, 0.29) is 6.04 Å². The summed E-state index contributed by atoms with van der Waals surface area (Å²) in [4.78, 5) is 14.6. The van der Waals surface area contributed by atoms with Gasteiger partial charge in [0.05, 0.1) is 25.3 Å². The Morgan fingerprint density at radius 1 is 1.00 bits per heavy atom. The molecule has 3 aromatic rings. The third kappa shape index (κ3) is 3.81. The average molecular weight is 464 g/mol. The molecule has 0 saturated carbocycles. The van der Waals surface area contributed by atoms with E-state index in [1.807, 2.05) is 4.68 Å². The minimum absolute atomic E-state index is 0.222. The molecule has 9 heteroatoms. The van der Waals surface area contributed by atoms with Crippen LogP contribution in [0.4, 0.5) is 0 Å². The summed E-state index contributed by atoms with van der Waals surface area (Å²) in [6.07, 6.45) is 3.68. The fourth-order valence-corrected chi connectivity index (χ4v) is 5.27. The fraction of sp³-hybridized carbons (Fsp3) is 0.560. The molecule has 1 aromatic carbocycles. The maximum atomic E-state index is 6.09. The highest BCUT2D eigenvalue weighted by atomic mass is 16.5. The van der Waals surface area contributed by atoms with Crippen LogP contribution in [0.3, 0.4) is 0 Å². The van der Waals surface area contributed by atoms with Gasteiger partial charge in [-0.1, -0.05) is 6.07 Å². The predicted octanol–water partition coefficient (Wildman–Crippen LogP) is 2.86. The number of aromatic nitrogens is 5. The van der Waals surface area contributed by atoms with E-state index in [2.05, 4.69) is 69.6 Å². The molecule has 3 aliphatic heterocycles. The van der Waals surface area contributed by atoms with Crippen molar-refractivity contribution in [3.8, 4) is 28.7 Å². The molecular formula is C25H33N7O2. The zero-order valence-corrected chi connectivity index (χ0v) is 20.2. The lowest BCUT2D eigenvalue weighted by Gasteiger charge is -2.49. The van der Waals surface area contributed by atoms with Gasteiger partial charge in [0.15, 0.2) is 5.82 Å². The third-order valence-electron chi connectivity index (χ3n) is 7.38. The topological polar surface area (TPSA) is 73.5 Å². The molecule has 6 rings (SSSR count). The summed E-state index contributed by atoms with van der Waals surface area (Å²) in [5.74, 6) is 2.63. The summed E-state index contributed by atoms with van der Waals surface area (Å²) in [6, 6.07) is 7.80. The number of rotatable bonds is 5. The summed E-state index contributed by atoms with van der Waals surface area (Å²) < 4.78 is 15.7. The van der Waals surface area contributed by atoms with Crippen molar-refractivity contribution in [1.82, 2.24) is 34.1 Å². The van der Waals surface area contributed by atoms with Gasteiger partial charge in [0.2, 0.25) is 0 Å². The van der Waals surface area contributed by atoms with E-state index in [4.69, 9.17) is 14.5 Å². The Kier molecular flexibility index (Phi) is 5.63. The molecule has 0 amide bonds. The second-order valence-corrected chi connectivity index (χ2v) is 9.80. The molecular weight excluding hydrogens is 430 g/mol. The molecule has 5 heterocycles. The van der Waals surface area contributed by atoms with E-state index in [0.717, 1.165) is 74.6 Å². The number of nitrogens with zero attached hydrogens (tertiary/aromatic N) is 7. The van der Waals surface area contributed by atoms with Crippen molar-refractivity contribution in [2.45, 2.75) is 45.4 Å². The molecule has 0 radical (unpaired) electrons. The first-order valence-electron chi connectivity index (χ1n) is 12.4. The molecule has 2 saturated heterocycles. The highest BCUT2D eigenvalue weighted by Crippen LogP contribution is 2.37. The van der Waals surface area contributed by atoms with Crippen LogP contribution in [0, 0.1) is 0 Å². The normalized spacial score (nSPS) is 20.4. The Morgan fingerprint density at radius 3 is 2.62 bits per heavy atom. The van der Waals surface area contributed by atoms with E-state index in [1.165, 1.54) is 5.56 Å². The SMILES string of the molecule is CC(C)n1ncnc1-c1cn2c(n1)-c1cc([C@@H](C)N3CC(N4CCOCC4)C3)ccc1OCC2. The minimum Gasteiger partial charge on any atom is -0.491 e. The zero-order valence-electron chi connectivity index (χ0n) is 20.2. The first-order valence-corrected chi connectivity index (χ1v) is 12.4. The summed E-state index contributed by atoms with van der Waals surface area (Å²) in [7, 11) is 0. The van der Waals surface area contributed by atoms with E-state index in [9.17, 15) is 0 Å². The first-order chi connectivity index (χ1) is 16.6. The van der Waals surface area contributed by atoms with Crippen LogP contribution in [-0.4, -0.2) is 86.2 Å². The maximum Gasteiger partial charge on any atom is 0.178 e. The van der Waals surface area contributed by atoms with Crippen LogP contribution >= 0.6 is 0 Å². The number of likely N-dealkylation sites (tertiary alicyclic amines) is 1. The quantitative estimate of drug-likeness (QED) is 0.576. The largest absolute Gasteiger partial charge is 0.491 e. The lowest BCUT2D eigenvalue weighted by Crippen LogP contribution is -2.61. The fourth-order valence-electron chi connectivity index (χ4n) is 5.27. The number of morpholine rings is 1. The smallest absolute Gasteiger partial charge is 0.178 e. The summed E-state index contributed by atoms with van der Waals surface area (Å²) in [5, 5.41) is 4.39. The van der Waals surface area contributed by atoms with Gasteiger partial charge >= 0.3 is 0 Å². The maximum absolute atomic E-state index is 6.09. The summed E-state index contributed by atoms with van der Waals surface area (Å²) in [5.41, 5.74) is 3.20. The van der Waals surface area contributed by atoms with E-state index in [1.54, 1.807) is 6.33 Å². The lowest BCUT2D eigenvalue weighted by atomic mass is 9.97. The van der Waals surface area contributed by atoms with Crippen LogP contribution < -0.4 is 4.74 Å². The summed E-state index contributed by atoms with van der Waals surface area (Å²) >= 11 is 0. The average Bonchev–Trinajstić information content (AvgIpc) is 3.43. The van der Waals surface area contributed by atoms with E-state index < -0.39 is 0 Å². The van der Waals surface area contributed by atoms with Crippen LogP contribution in [0.2, 0.25) is 0 Å². The van der Waals surface area contributed by atoms with Crippen molar-refractivity contribution in [1.29, 1.82) is 0 Å². The van der Waals surface area contributed by atoms with Crippen molar-refractivity contribution < 1.29 is 9.47 Å². The van der Waals surface area contributed by atoms with Crippen molar-refractivity contribution in [2.75, 3.05) is 46.0 Å². The molecule has 2 fully saturated rings. The van der Waals surface area contributed by atoms with Crippen molar-refractivity contribution in [2.24, 2.45) is 0 Å². The van der Waals surface area contributed by atoms with E-state index >= 15 is 0 Å². The van der Waals surface area contributed by atoms with Crippen molar-refractivity contribution in [3.63, 3.8) is 0 Å². The van der Waals surface area contributed by atoms with Gasteiger partial charge in [-0.2, -0.15) is 5.10 Å². The van der Waals surface area contributed by atoms with Crippen molar-refractivity contribution >= 4 is 0 Å². The molecule has 3 aliphatic rings. The molecule has 0 spiro atoms. The lowest BCUT2D eigenvalue weighted by molar-refractivity contribution is -0.0434. The Labute approximate surface area is 200 Å². The van der Waals surface area contributed by atoms with Crippen LogP contribution in [0.15, 0.2) is 30.7 Å². The van der Waals surface area contributed by atoms with Crippen LogP contribution in [0.5, 0.6) is 5.75 Å². The number of fused-ring (bicyclic) bond motifs is 3.